The van der Waals surface area contributed by atoms with E-state index in [-0.39, 0.29) is 15.5 Å². The molecule has 1 nitrogen and oxygen atoms in total. The van der Waals surface area contributed by atoms with Crippen LogP contribution in [0.2, 0.25) is 0 Å². The minimum absolute atomic E-state index is 0.142. The lowest BCUT2D eigenvalue weighted by Crippen LogP contribution is -1.99. The summed E-state index contributed by atoms with van der Waals surface area (Å²) in [5.41, 5.74) is -0.250. The minimum Gasteiger partial charge on any atom is -0.257 e. The van der Waals surface area contributed by atoms with Crippen LogP contribution < -0.4 is 0 Å². The number of rotatable bonds is 2. The van der Waals surface area contributed by atoms with Gasteiger partial charge in [-0.2, -0.15) is 0 Å². The Morgan fingerprint density at radius 3 is 2.54 bits per heavy atom. The molecule has 0 fully saturated rings. The molecule has 0 spiro atoms. The summed E-state index contributed by atoms with van der Waals surface area (Å²) in [5.74, 6) is -0.778. The van der Waals surface area contributed by atoms with Crippen LogP contribution in [-0.2, 0) is 5.33 Å². The van der Waals surface area contributed by atoms with Crippen LogP contribution in [0.15, 0.2) is 10.7 Å². The van der Waals surface area contributed by atoms with Crippen molar-refractivity contribution in [3.63, 3.8) is 0 Å². The van der Waals surface area contributed by atoms with Crippen molar-refractivity contribution in [1.82, 2.24) is 4.98 Å². The lowest BCUT2D eigenvalue weighted by molar-refractivity contribution is 0.148. The summed E-state index contributed by atoms with van der Waals surface area (Å²) < 4.78 is 37.4. The zero-order chi connectivity index (χ0) is 10.0. The van der Waals surface area contributed by atoms with Crippen LogP contribution in [0.5, 0.6) is 0 Å². The predicted octanol–water partition coefficient (Wildman–Crippen LogP) is 3.82. The Morgan fingerprint density at radius 1 is 1.46 bits per heavy atom. The fourth-order valence-corrected chi connectivity index (χ4v) is 1.80. The normalized spacial score (nSPS) is 10.9. The van der Waals surface area contributed by atoms with Crippen molar-refractivity contribution in [2.24, 2.45) is 0 Å². The summed E-state index contributed by atoms with van der Waals surface area (Å²) in [7, 11) is 0. The van der Waals surface area contributed by atoms with Crippen molar-refractivity contribution in [3.05, 3.63) is 27.7 Å². The van der Waals surface area contributed by atoms with E-state index in [1.165, 1.54) is 0 Å². The largest absolute Gasteiger partial charge is 0.266 e. The third-order valence-corrected chi connectivity index (χ3v) is 2.77. The number of hydrogen-bond acceptors (Lipinski definition) is 1. The molecule has 0 radical (unpaired) electrons. The summed E-state index contributed by atoms with van der Waals surface area (Å²) in [6.45, 7) is 0. The number of aromatic nitrogens is 1. The van der Waals surface area contributed by atoms with E-state index in [0.717, 1.165) is 6.20 Å². The number of pyridine rings is 1. The lowest BCUT2D eigenvalue weighted by Gasteiger charge is -2.07. The standard InChI is InChI=1S/C7H4Br2F3N/c8-1-4-5(7(11)12)6(9)3(10)2-13-4/h2,7H,1H2. The Balaban J connectivity index is 3.32. The molecule has 0 aromatic carbocycles. The zero-order valence-electron chi connectivity index (χ0n) is 6.20. The van der Waals surface area contributed by atoms with Gasteiger partial charge >= 0.3 is 0 Å². The van der Waals surface area contributed by atoms with Crippen molar-refractivity contribution in [3.8, 4) is 0 Å². The second kappa shape index (κ2) is 4.41. The molecule has 0 N–H and O–H groups in total. The fourth-order valence-electron chi connectivity index (χ4n) is 0.844. The average Bonchev–Trinajstić information content (AvgIpc) is 2.08. The van der Waals surface area contributed by atoms with E-state index in [9.17, 15) is 13.2 Å². The van der Waals surface area contributed by atoms with Crippen molar-refractivity contribution in [2.75, 3.05) is 0 Å². The smallest absolute Gasteiger partial charge is 0.257 e. The molecule has 0 amide bonds. The van der Waals surface area contributed by atoms with Gasteiger partial charge in [-0.05, 0) is 15.9 Å². The van der Waals surface area contributed by atoms with Gasteiger partial charge in [-0.3, -0.25) is 4.98 Å². The molecule has 1 heterocycles. The van der Waals surface area contributed by atoms with E-state index in [4.69, 9.17) is 0 Å². The fraction of sp³-hybridized carbons (Fsp3) is 0.286. The van der Waals surface area contributed by atoms with E-state index in [1.807, 2.05) is 0 Å². The quantitative estimate of drug-likeness (QED) is 0.756. The van der Waals surface area contributed by atoms with E-state index >= 15 is 0 Å². The second-order valence-electron chi connectivity index (χ2n) is 2.21. The van der Waals surface area contributed by atoms with Gasteiger partial charge in [0, 0.05) is 5.33 Å². The maximum absolute atomic E-state index is 12.8. The van der Waals surface area contributed by atoms with E-state index < -0.39 is 17.8 Å². The van der Waals surface area contributed by atoms with Crippen LogP contribution in [0.25, 0.3) is 0 Å². The highest BCUT2D eigenvalue weighted by atomic mass is 79.9. The molecule has 0 aliphatic heterocycles. The van der Waals surface area contributed by atoms with Crippen LogP contribution in [0, 0.1) is 5.82 Å². The average molecular weight is 319 g/mol. The van der Waals surface area contributed by atoms with Gasteiger partial charge < -0.3 is 0 Å². The van der Waals surface area contributed by atoms with Crippen molar-refractivity contribution < 1.29 is 13.2 Å². The molecule has 0 aliphatic rings. The summed E-state index contributed by atoms with van der Waals surface area (Å²) in [4.78, 5) is 3.55. The van der Waals surface area contributed by atoms with Crippen molar-refractivity contribution in [2.45, 2.75) is 11.8 Å². The van der Waals surface area contributed by atoms with Gasteiger partial charge in [0.25, 0.3) is 6.43 Å². The SMILES string of the molecule is Fc1cnc(CBr)c(C(F)F)c1Br. The van der Waals surface area contributed by atoms with E-state index in [1.54, 1.807) is 0 Å². The topological polar surface area (TPSA) is 12.9 Å². The van der Waals surface area contributed by atoms with Crippen LogP contribution in [0.3, 0.4) is 0 Å². The first-order valence-electron chi connectivity index (χ1n) is 3.24. The minimum atomic E-state index is -2.73. The number of halogens is 5. The maximum atomic E-state index is 12.8. The molecule has 13 heavy (non-hydrogen) atoms. The lowest BCUT2D eigenvalue weighted by atomic mass is 10.2. The van der Waals surface area contributed by atoms with Gasteiger partial charge in [-0.15, -0.1) is 0 Å². The third-order valence-electron chi connectivity index (χ3n) is 1.44. The molecule has 1 rings (SSSR count). The van der Waals surface area contributed by atoms with Gasteiger partial charge in [0.1, 0.15) is 0 Å². The van der Waals surface area contributed by atoms with Crippen LogP contribution in [-0.4, -0.2) is 4.98 Å². The molecule has 1 aromatic rings. The van der Waals surface area contributed by atoms with Crippen LogP contribution >= 0.6 is 31.9 Å². The summed E-state index contributed by atoms with van der Waals surface area (Å²) in [5, 5.41) is 0.172. The molecule has 72 valence electrons. The highest BCUT2D eigenvalue weighted by molar-refractivity contribution is 9.10. The number of nitrogens with zero attached hydrogens (tertiary/aromatic N) is 1. The molecule has 6 heteroatoms. The van der Waals surface area contributed by atoms with E-state index in [2.05, 4.69) is 36.8 Å². The second-order valence-corrected chi connectivity index (χ2v) is 3.57. The first-order valence-corrected chi connectivity index (χ1v) is 5.16. The molecule has 1 aromatic heterocycles. The Morgan fingerprint density at radius 2 is 2.08 bits per heavy atom. The Labute approximate surface area is 89.6 Å². The van der Waals surface area contributed by atoms with Crippen molar-refractivity contribution in [1.29, 1.82) is 0 Å². The Bertz CT molecular complexity index is 317. The molecular formula is C7H4Br2F3N. The maximum Gasteiger partial charge on any atom is 0.266 e. The van der Waals surface area contributed by atoms with Gasteiger partial charge in [-0.1, -0.05) is 15.9 Å². The highest BCUT2D eigenvalue weighted by Gasteiger charge is 2.20. The van der Waals surface area contributed by atoms with Gasteiger partial charge in [0.05, 0.1) is 21.9 Å². The van der Waals surface area contributed by atoms with Crippen molar-refractivity contribution >= 4 is 31.9 Å². The predicted molar refractivity (Wildman–Crippen MR) is 49.5 cm³/mol. The monoisotopic (exact) mass is 317 g/mol. The number of alkyl halides is 3. The molecular weight excluding hydrogens is 315 g/mol. The number of hydrogen-bond donors (Lipinski definition) is 0. The first-order chi connectivity index (χ1) is 6.07. The third kappa shape index (κ3) is 2.22. The molecule has 0 bridgehead atoms. The van der Waals surface area contributed by atoms with Crippen LogP contribution in [0.4, 0.5) is 13.2 Å². The van der Waals surface area contributed by atoms with Crippen LogP contribution in [0.1, 0.15) is 17.7 Å². The molecule has 0 saturated carbocycles. The summed E-state index contributed by atoms with van der Waals surface area (Å²) in [6.07, 6.45) is -1.82. The zero-order valence-corrected chi connectivity index (χ0v) is 9.37. The highest BCUT2D eigenvalue weighted by Crippen LogP contribution is 2.32. The van der Waals surface area contributed by atoms with E-state index in [0.29, 0.717) is 0 Å². The first kappa shape index (κ1) is 11.0. The summed E-state index contributed by atoms with van der Waals surface area (Å²) >= 11 is 5.75. The Kier molecular flexibility index (Phi) is 3.73. The molecule has 0 unspecified atom stereocenters. The Hall–Kier alpha value is -0.100. The molecule has 0 atom stereocenters. The summed E-state index contributed by atoms with van der Waals surface area (Å²) in [6, 6.07) is 0. The van der Waals surface area contributed by atoms with Gasteiger partial charge in [-0.25, -0.2) is 13.2 Å². The molecule has 0 aliphatic carbocycles. The van der Waals surface area contributed by atoms with Gasteiger partial charge in [0.15, 0.2) is 5.82 Å². The molecule has 0 saturated heterocycles. The van der Waals surface area contributed by atoms with Gasteiger partial charge in [0.2, 0.25) is 0 Å².